The number of methoxy groups -OCH3 is 3. The van der Waals surface area contributed by atoms with E-state index in [0.717, 1.165) is 62.5 Å². The molecule has 6 heteroatoms. The summed E-state index contributed by atoms with van der Waals surface area (Å²) in [4.78, 5) is 17.3. The van der Waals surface area contributed by atoms with Gasteiger partial charge in [-0.2, -0.15) is 0 Å². The van der Waals surface area contributed by atoms with Crippen molar-refractivity contribution in [3.8, 4) is 17.2 Å². The van der Waals surface area contributed by atoms with Gasteiger partial charge in [0.2, 0.25) is 5.91 Å². The zero-order valence-electron chi connectivity index (χ0n) is 19.6. The summed E-state index contributed by atoms with van der Waals surface area (Å²) in [6, 6.07) is 10.4. The third-order valence-corrected chi connectivity index (χ3v) is 6.81. The normalized spacial score (nSPS) is 17.3. The monoisotopic (exact) mass is 438 g/mol. The first-order valence-corrected chi connectivity index (χ1v) is 11.4. The van der Waals surface area contributed by atoms with E-state index in [0.29, 0.717) is 18.1 Å². The Labute approximate surface area is 191 Å². The molecule has 1 amide bonds. The van der Waals surface area contributed by atoms with Gasteiger partial charge in [-0.25, -0.2) is 0 Å². The fourth-order valence-electron chi connectivity index (χ4n) is 4.92. The van der Waals surface area contributed by atoms with E-state index >= 15 is 0 Å². The van der Waals surface area contributed by atoms with E-state index in [1.54, 1.807) is 21.3 Å². The van der Waals surface area contributed by atoms with Crippen LogP contribution in [0.25, 0.3) is 0 Å². The Morgan fingerprint density at radius 2 is 1.75 bits per heavy atom. The minimum atomic E-state index is 0.193. The Bertz CT molecular complexity index is 975. The molecule has 2 aliphatic rings. The van der Waals surface area contributed by atoms with Gasteiger partial charge in [0.1, 0.15) is 5.75 Å². The number of benzene rings is 2. The number of fused-ring (bicyclic) bond motifs is 2. The number of rotatable bonds is 9. The SMILES string of the molecule is COc1ccc2c(c1)C(CN(C)CCCN1CCc3cc(OC)c(OC)cc3CC1=O)C2. The zero-order valence-corrected chi connectivity index (χ0v) is 19.6. The van der Waals surface area contributed by atoms with Crippen LogP contribution in [0.15, 0.2) is 30.3 Å². The first-order chi connectivity index (χ1) is 15.5. The molecule has 32 heavy (non-hydrogen) atoms. The molecule has 172 valence electrons. The number of carbonyl (C=O) groups excluding carboxylic acids is 1. The highest BCUT2D eigenvalue weighted by atomic mass is 16.5. The maximum atomic E-state index is 12.9. The highest BCUT2D eigenvalue weighted by Gasteiger charge is 2.28. The summed E-state index contributed by atoms with van der Waals surface area (Å²) in [6.07, 6.45) is 3.38. The molecule has 1 unspecified atom stereocenters. The van der Waals surface area contributed by atoms with Crippen LogP contribution in [0.4, 0.5) is 0 Å². The number of hydrogen-bond donors (Lipinski definition) is 0. The number of carbonyl (C=O) groups is 1. The Hall–Kier alpha value is -2.73. The molecule has 1 heterocycles. The van der Waals surface area contributed by atoms with Gasteiger partial charge in [0.15, 0.2) is 11.5 Å². The lowest BCUT2D eigenvalue weighted by atomic mass is 9.77. The summed E-state index contributed by atoms with van der Waals surface area (Å²) in [7, 11) is 7.17. The predicted octanol–water partition coefficient (Wildman–Crippen LogP) is 3.30. The summed E-state index contributed by atoms with van der Waals surface area (Å²) in [5, 5.41) is 0. The molecule has 0 aromatic heterocycles. The average molecular weight is 439 g/mol. The average Bonchev–Trinajstić information content (AvgIpc) is 2.94. The smallest absolute Gasteiger partial charge is 0.227 e. The first kappa shape index (κ1) is 22.5. The van der Waals surface area contributed by atoms with Gasteiger partial charge in [-0.3, -0.25) is 4.79 Å². The second-order valence-electron chi connectivity index (χ2n) is 8.87. The van der Waals surface area contributed by atoms with Crippen molar-refractivity contribution in [3.63, 3.8) is 0 Å². The third kappa shape index (κ3) is 4.70. The van der Waals surface area contributed by atoms with Crippen molar-refractivity contribution in [1.29, 1.82) is 0 Å². The van der Waals surface area contributed by atoms with E-state index in [1.165, 1.54) is 16.7 Å². The van der Waals surface area contributed by atoms with Crippen LogP contribution in [0.1, 0.15) is 34.6 Å². The number of nitrogens with zero attached hydrogens (tertiary/aromatic N) is 2. The molecule has 1 aliphatic carbocycles. The van der Waals surface area contributed by atoms with Gasteiger partial charge in [-0.05, 0) is 79.4 Å². The molecule has 0 radical (unpaired) electrons. The van der Waals surface area contributed by atoms with Crippen molar-refractivity contribution in [2.24, 2.45) is 0 Å². The zero-order chi connectivity index (χ0) is 22.7. The molecule has 2 aromatic carbocycles. The van der Waals surface area contributed by atoms with Crippen molar-refractivity contribution < 1.29 is 19.0 Å². The standard InChI is InChI=1S/C26H34N2O4/c1-27(17-21-12-19-6-7-22(30-2)16-23(19)21)9-5-10-28-11-8-18-13-24(31-3)25(32-4)14-20(18)15-26(28)29/h6-7,13-14,16,21H,5,8-12,15,17H2,1-4H3. The summed E-state index contributed by atoms with van der Waals surface area (Å²) < 4.78 is 16.2. The first-order valence-electron chi connectivity index (χ1n) is 11.4. The van der Waals surface area contributed by atoms with Crippen LogP contribution in [0.2, 0.25) is 0 Å². The highest BCUT2D eigenvalue weighted by Crippen LogP contribution is 2.38. The lowest BCUT2D eigenvalue weighted by Crippen LogP contribution is -2.36. The molecule has 0 N–H and O–H groups in total. The van der Waals surface area contributed by atoms with E-state index in [1.807, 2.05) is 23.1 Å². The van der Waals surface area contributed by atoms with Gasteiger partial charge in [0.25, 0.3) is 0 Å². The summed E-state index contributed by atoms with van der Waals surface area (Å²) in [5.41, 5.74) is 5.08. The van der Waals surface area contributed by atoms with E-state index < -0.39 is 0 Å². The summed E-state index contributed by atoms with van der Waals surface area (Å²) in [5.74, 6) is 3.11. The Kier molecular flexibility index (Phi) is 6.89. The predicted molar refractivity (Wildman–Crippen MR) is 125 cm³/mol. The van der Waals surface area contributed by atoms with Crippen LogP contribution in [0, 0.1) is 0 Å². The third-order valence-electron chi connectivity index (χ3n) is 6.81. The second-order valence-corrected chi connectivity index (χ2v) is 8.87. The Morgan fingerprint density at radius 1 is 1.00 bits per heavy atom. The van der Waals surface area contributed by atoms with Gasteiger partial charge >= 0.3 is 0 Å². The highest BCUT2D eigenvalue weighted by molar-refractivity contribution is 5.80. The van der Waals surface area contributed by atoms with Crippen LogP contribution in [0.3, 0.4) is 0 Å². The topological polar surface area (TPSA) is 51.2 Å². The van der Waals surface area contributed by atoms with E-state index in [-0.39, 0.29) is 5.91 Å². The number of ether oxygens (including phenoxy) is 3. The van der Waals surface area contributed by atoms with Crippen molar-refractivity contribution in [1.82, 2.24) is 9.80 Å². The van der Waals surface area contributed by atoms with Crippen molar-refractivity contribution in [2.45, 2.75) is 31.6 Å². The van der Waals surface area contributed by atoms with Gasteiger partial charge < -0.3 is 24.0 Å². The Balaban J connectivity index is 1.27. The fourth-order valence-corrected chi connectivity index (χ4v) is 4.92. The van der Waals surface area contributed by atoms with Crippen LogP contribution in [0.5, 0.6) is 17.2 Å². The molecule has 0 saturated heterocycles. The minimum Gasteiger partial charge on any atom is -0.497 e. The summed E-state index contributed by atoms with van der Waals surface area (Å²) in [6.45, 7) is 3.56. The Morgan fingerprint density at radius 3 is 2.47 bits per heavy atom. The molecule has 0 spiro atoms. The largest absolute Gasteiger partial charge is 0.497 e. The molecule has 0 bridgehead atoms. The van der Waals surface area contributed by atoms with Crippen molar-refractivity contribution in [2.75, 3.05) is 54.6 Å². The number of hydrogen-bond acceptors (Lipinski definition) is 5. The quantitative estimate of drug-likeness (QED) is 0.601. The maximum Gasteiger partial charge on any atom is 0.227 e. The van der Waals surface area contributed by atoms with E-state index in [4.69, 9.17) is 14.2 Å². The fraction of sp³-hybridized carbons (Fsp3) is 0.500. The molecule has 6 nitrogen and oxygen atoms in total. The lowest BCUT2D eigenvalue weighted by molar-refractivity contribution is -0.130. The lowest BCUT2D eigenvalue weighted by Gasteiger charge is -2.34. The number of likely N-dealkylation sites (N-methyl/N-ethyl adjacent to an activating group) is 1. The molecular formula is C26H34N2O4. The molecule has 2 aromatic rings. The number of amides is 1. The van der Waals surface area contributed by atoms with E-state index in [9.17, 15) is 4.79 Å². The molecule has 0 saturated carbocycles. The van der Waals surface area contributed by atoms with Crippen LogP contribution >= 0.6 is 0 Å². The molecule has 0 fully saturated rings. The molecule has 1 atom stereocenters. The second kappa shape index (κ2) is 9.82. The molecular weight excluding hydrogens is 404 g/mol. The minimum absolute atomic E-state index is 0.193. The van der Waals surface area contributed by atoms with Crippen molar-refractivity contribution >= 4 is 5.91 Å². The van der Waals surface area contributed by atoms with E-state index in [2.05, 4.69) is 24.1 Å². The molecule has 4 rings (SSSR count). The maximum absolute atomic E-state index is 12.9. The van der Waals surface area contributed by atoms with Gasteiger partial charge in [0.05, 0.1) is 27.8 Å². The van der Waals surface area contributed by atoms with Crippen molar-refractivity contribution in [3.05, 3.63) is 52.6 Å². The van der Waals surface area contributed by atoms with Crippen LogP contribution in [-0.2, 0) is 24.1 Å². The van der Waals surface area contributed by atoms with Gasteiger partial charge in [-0.1, -0.05) is 6.07 Å². The summed E-state index contributed by atoms with van der Waals surface area (Å²) >= 11 is 0. The van der Waals surface area contributed by atoms with Gasteiger partial charge in [-0.15, -0.1) is 0 Å². The van der Waals surface area contributed by atoms with Crippen LogP contribution < -0.4 is 14.2 Å². The van der Waals surface area contributed by atoms with Crippen LogP contribution in [-0.4, -0.2) is 70.3 Å². The van der Waals surface area contributed by atoms with Gasteiger partial charge in [0, 0.05) is 25.6 Å². The molecule has 1 aliphatic heterocycles.